The van der Waals surface area contributed by atoms with Crippen molar-refractivity contribution in [3.05, 3.63) is 47.0 Å². The van der Waals surface area contributed by atoms with Gasteiger partial charge in [0.05, 0.1) is 16.5 Å². The Morgan fingerprint density at radius 2 is 1.47 bits per heavy atom. The third-order valence-electron chi connectivity index (χ3n) is 14.7. The SMILES string of the molecule is CC1(C)[C@@H](OC(=O)c2ccccc2C(=O)O)CC[C@]2(C)[C@H]3C(=O)C=C4[C@H]5C[C@@](C)(C(=O)O)CC[C@]5(C)CC[C@@]4(C)[C@]3(C)CC[C@@H]12. The van der Waals surface area contributed by atoms with Crippen LogP contribution in [0, 0.1) is 50.2 Å². The van der Waals surface area contributed by atoms with Gasteiger partial charge < -0.3 is 14.9 Å². The number of carboxylic acids is 2. The highest BCUT2D eigenvalue weighted by Gasteiger charge is 2.70. The number of hydrogen-bond acceptors (Lipinski definition) is 5. The molecular formula is C38H50O7. The molecule has 7 heteroatoms. The van der Waals surface area contributed by atoms with Crippen molar-refractivity contribution >= 4 is 23.7 Å². The summed E-state index contributed by atoms with van der Waals surface area (Å²) in [5.41, 5.74) is -0.770. The Kier molecular flexibility index (Phi) is 7.12. The molecule has 0 unspecified atom stereocenters. The van der Waals surface area contributed by atoms with Crippen LogP contribution in [0.1, 0.15) is 127 Å². The summed E-state index contributed by atoms with van der Waals surface area (Å²) in [6.07, 6.45) is 8.86. The molecular weight excluding hydrogens is 568 g/mol. The van der Waals surface area contributed by atoms with Crippen LogP contribution in [0.2, 0.25) is 0 Å². The molecule has 0 heterocycles. The molecule has 0 aromatic heterocycles. The predicted octanol–water partition coefficient (Wildman–Crippen LogP) is 7.98. The number of rotatable bonds is 4. The first-order valence-corrected chi connectivity index (χ1v) is 16.9. The number of allylic oxidation sites excluding steroid dienone is 2. The topological polar surface area (TPSA) is 118 Å². The fraction of sp³-hybridized carbons (Fsp3) is 0.684. The van der Waals surface area contributed by atoms with Crippen molar-refractivity contribution in [2.45, 2.75) is 112 Å². The van der Waals surface area contributed by atoms with Gasteiger partial charge in [-0.3, -0.25) is 9.59 Å². The number of carboxylic acid groups (broad SMARTS) is 2. The zero-order valence-corrected chi connectivity index (χ0v) is 28.0. The summed E-state index contributed by atoms with van der Waals surface area (Å²) < 4.78 is 6.13. The van der Waals surface area contributed by atoms with Gasteiger partial charge >= 0.3 is 17.9 Å². The van der Waals surface area contributed by atoms with Crippen molar-refractivity contribution in [2.24, 2.45) is 50.2 Å². The highest BCUT2D eigenvalue weighted by molar-refractivity contribution is 6.02. The molecule has 4 saturated carbocycles. The molecule has 0 radical (unpaired) electrons. The van der Waals surface area contributed by atoms with E-state index >= 15 is 0 Å². The van der Waals surface area contributed by atoms with Gasteiger partial charge in [0.2, 0.25) is 0 Å². The van der Waals surface area contributed by atoms with E-state index in [1.165, 1.54) is 17.7 Å². The van der Waals surface area contributed by atoms with Gasteiger partial charge in [0.1, 0.15) is 6.10 Å². The lowest BCUT2D eigenvalue weighted by Gasteiger charge is -2.70. The first-order valence-electron chi connectivity index (χ1n) is 16.9. The van der Waals surface area contributed by atoms with E-state index in [1.807, 2.05) is 13.0 Å². The molecule has 5 aliphatic carbocycles. The first kappa shape index (κ1) is 32.0. The fourth-order valence-electron chi connectivity index (χ4n) is 11.6. The largest absolute Gasteiger partial charge is 0.481 e. The van der Waals surface area contributed by atoms with Gasteiger partial charge in [0.25, 0.3) is 0 Å². The average molecular weight is 619 g/mol. The molecule has 5 aliphatic rings. The van der Waals surface area contributed by atoms with Crippen LogP contribution in [0.3, 0.4) is 0 Å². The Morgan fingerprint density at radius 1 is 0.822 bits per heavy atom. The number of benzene rings is 1. The van der Waals surface area contributed by atoms with E-state index in [4.69, 9.17) is 4.74 Å². The van der Waals surface area contributed by atoms with Crippen molar-refractivity contribution in [2.75, 3.05) is 0 Å². The van der Waals surface area contributed by atoms with E-state index in [0.717, 1.165) is 38.5 Å². The van der Waals surface area contributed by atoms with Crippen LogP contribution >= 0.6 is 0 Å². The second-order valence-corrected chi connectivity index (χ2v) is 17.2. The number of carbonyl (C=O) groups excluding carboxylic acids is 2. The summed E-state index contributed by atoms with van der Waals surface area (Å²) in [5, 5.41) is 19.8. The van der Waals surface area contributed by atoms with E-state index in [2.05, 4.69) is 41.5 Å². The van der Waals surface area contributed by atoms with Gasteiger partial charge in [-0.05, 0) is 116 Å². The summed E-state index contributed by atoms with van der Waals surface area (Å²) in [7, 11) is 0. The smallest absolute Gasteiger partial charge is 0.339 e. The van der Waals surface area contributed by atoms with Crippen LogP contribution in [0.5, 0.6) is 0 Å². The average Bonchev–Trinajstić information content (AvgIpc) is 2.96. The summed E-state index contributed by atoms with van der Waals surface area (Å²) >= 11 is 0. The van der Waals surface area contributed by atoms with Crippen LogP contribution < -0.4 is 0 Å². The highest BCUT2D eigenvalue weighted by atomic mass is 16.5. The molecule has 2 N–H and O–H groups in total. The van der Waals surface area contributed by atoms with Gasteiger partial charge in [-0.25, -0.2) is 9.59 Å². The molecule has 4 fully saturated rings. The monoisotopic (exact) mass is 618 g/mol. The van der Waals surface area contributed by atoms with Crippen molar-refractivity contribution in [1.29, 1.82) is 0 Å². The molecule has 9 atom stereocenters. The maximum Gasteiger partial charge on any atom is 0.339 e. The molecule has 1 aromatic carbocycles. The maximum atomic E-state index is 14.6. The van der Waals surface area contributed by atoms with E-state index in [1.54, 1.807) is 12.1 Å². The second-order valence-electron chi connectivity index (χ2n) is 17.2. The molecule has 244 valence electrons. The van der Waals surface area contributed by atoms with Crippen LogP contribution in [0.25, 0.3) is 0 Å². The Hall–Kier alpha value is -2.96. The molecule has 0 aliphatic heterocycles. The maximum absolute atomic E-state index is 14.6. The second kappa shape index (κ2) is 10.0. The van der Waals surface area contributed by atoms with Gasteiger partial charge in [0.15, 0.2) is 5.78 Å². The van der Waals surface area contributed by atoms with E-state index in [9.17, 15) is 29.4 Å². The minimum absolute atomic E-state index is 0.00800. The number of aliphatic carboxylic acids is 1. The number of esters is 1. The van der Waals surface area contributed by atoms with Gasteiger partial charge in [-0.1, -0.05) is 59.2 Å². The van der Waals surface area contributed by atoms with Crippen molar-refractivity contribution in [1.82, 2.24) is 0 Å². The molecule has 6 rings (SSSR count). The standard InChI is InChI=1S/C38H50O7/c1-33(2)27-12-15-38(7)29(36(27,5)14-13-28(33)45-31(42)23-11-9-8-10-22(23)30(40)41)26(39)20-24-25-21-35(4,32(43)44)17-16-34(25,3)18-19-37(24,38)6/h8-11,20,25,27-29H,12-19,21H2,1-7H3,(H,40,41)(H,43,44)/t25-,27+,28+,29-,34-,35+,36+,37-,38-/m1/s1. The quantitative estimate of drug-likeness (QED) is 0.329. The molecule has 7 nitrogen and oxygen atoms in total. The lowest BCUT2D eigenvalue weighted by atomic mass is 9.33. The molecule has 0 saturated heterocycles. The van der Waals surface area contributed by atoms with Crippen molar-refractivity contribution in [3.8, 4) is 0 Å². The lowest BCUT2D eigenvalue weighted by molar-refractivity contribution is -0.202. The number of hydrogen-bond donors (Lipinski definition) is 2. The molecule has 1 aromatic rings. The van der Waals surface area contributed by atoms with E-state index < -0.39 is 34.8 Å². The number of fused-ring (bicyclic) bond motifs is 7. The number of carbonyl (C=O) groups is 4. The summed E-state index contributed by atoms with van der Waals surface area (Å²) in [4.78, 5) is 52.1. The zero-order valence-electron chi connectivity index (χ0n) is 28.0. The Morgan fingerprint density at radius 3 is 2.11 bits per heavy atom. The Balaban J connectivity index is 1.33. The molecule has 0 spiro atoms. The van der Waals surface area contributed by atoms with Crippen LogP contribution in [0.4, 0.5) is 0 Å². The summed E-state index contributed by atoms with van der Waals surface area (Å²) in [5.74, 6) is -2.29. The molecule has 0 amide bonds. The Labute approximate surface area is 267 Å². The predicted molar refractivity (Wildman–Crippen MR) is 170 cm³/mol. The van der Waals surface area contributed by atoms with Gasteiger partial charge in [-0.15, -0.1) is 0 Å². The third kappa shape index (κ3) is 4.34. The summed E-state index contributed by atoms with van der Waals surface area (Å²) in [6, 6.07) is 6.17. The highest BCUT2D eigenvalue weighted by Crippen LogP contribution is 2.75. The van der Waals surface area contributed by atoms with Crippen molar-refractivity contribution in [3.63, 3.8) is 0 Å². The molecule has 0 bridgehead atoms. The lowest BCUT2D eigenvalue weighted by Crippen LogP contribution is -2.66. The first-order chi connectivity index (χ1) is 20.8. The van der Waals surface area contributed by atoms with Crippen LogP contribution in [-0.4, -0.2) is 40.0 Å². The zero-order chi connectivity index (χ0) is 33.0. The fourth-order valence-corrected chi connectivity index (χ4v) is 11.6. The van der Waals surface area contributed by atoms with Crippen LogP contribution in [0.15, 0.2) is 35.9 Å². The van der Waals surface area contributed by atoms with E-state index in [0.29, 0.717) is 19.3 Å². The number of ether oxygens (including phenoxy) is 1. The normalized spacial score (nSPS) is 43.4. The number of ketones is 1. The molecule has 45 heavy (non-hydrogen) atoms. The van der Waals surface area contributed by atoms with E-state index in [-0.39, 0.29) is 56.3 Å². The third-order valence-corrected chi connectivity index (χ3v) is 14.7. The minimum Gasteiger partial charge on any atom is -0.481 e. The Bertz CT molecular complexity index is 1510. The minimum atomic E-state index is -1.16. The summed E-state index contributed by atoms with van der Waals surface area (Å²) in [6.45, 7) is 15.5. The van der Waals surface area contributed by atoms with Gasteiger partial charge in [0, 0.05) is 11.3 Å². The van der Waals surface area contributed by atoms with Crippen molar-refractivity contribution < 1.29 is 34.1 Å². The number of aromatic carboxylic acids is 1. The van der Waals surface area contributed by atoms with Gasteiger partial charge in [-0.2, -0.15) is 0 Å². The van der Waals surface area contributed by atoms with Crippen LogP contribution in [-0.2, 0) is 14.3 Å².